The van der Waals surface area contributed by atoms with Crippen molar-refractivity contribution in [1.82, 2.24) is 0 Å². The first-order chi connectivity index (χ1) is 11.9. The second-order valence-electron chi connectivity index (χ2n) is 5.39. The first-order valence-electron chi connectivity index (χ1n) is 7.34. The van der Waals surface area contributed by atoms with Gasteiger partial charge in [-0.05, 0) is 48.9 Å². The Bertz CT molecular complexity index is 923. The number of carbonyl (C=O) groups excluding carboxylic acids is 1. The van der Waals surface area contributed by atoms with Crippen LogP contribution < -0.4 is 9.75 Å². The first-order valence-corrected chi connectivity index (χ1v) is 8.10. The van der Waals surface area contributed by atoms with E-state index >= 15 is 0 Å². The smallest absolute Gasteiger partial charge is 0.280 e. The number of phenolic OH excluding ortho intramolecular Hbond substituents is 1. The summed E-state index contributed by atoms with van der Waals surface area (Å²) in [6.07, 6.45) is 1.65. The van der Waals surface area contributed by atoms with E-state index in [9.17, 15) is 9.90 Å². The fraction of sp³-hybridized carbons (Fsp3) is 0.111. The lowest BCUT2D eigenvalue weighted by atomic mass is 10.1. The van der Waals surface area contributed by atoms with Crippen molar-refractivity contribution >= 4 is 46.6 Å². The number of methoxy groups -OCH3 is 1. The summed E-state index contributed by atoms with van der Waals surface area (Å²) in [5.74, 6) is -0.191. The molecule has 7 heteroatoms. The Hall–Kier alpha value is -2.50. The maximum absolute atomic E-state index is 12.7. The van der Waals surface area contributed by atoms with Crippen LogP contribution in [0.5, 0.6) is 11.5 Å². The molecule has 0 saturated heterocycles. The van der Waals surface area contributed by atoms with Crippen LogP contribution >= 0.6 is 23.2 Å². The molecule has 1 N–H and O–H groups in total. The van der Waals surface area contributed by atoms with Gasteiger partial charge in [0.15, 0.2) is 11.5 Å². The van der Waals surface area contributed by atoms with Crippen LogP contribution in [0.4, 0.5) is 5.69 Å². The number of hydrogen-bond acceptors (Lipinski definition) is 4. The van der Waals surface area contributed by atoms with Crippen molar-refractivity contribution in [3.8, 4) is 11.5 Å². The van der Waals surface area contributed by atoms with Crippen molar-refractivity contribution in [2.45, 2.75) is 6.92 Å². The Morgan fingerprint density at radius 2 is 2.00 bits per heavy atom. The monoisotopic (exact) mass is 376 g/mol. The maximum atomic E-state index is 12.7. The largest absolute Gasteiger partial charge is 0.503 e. The van der Waals surface area contributed by atoms with Crippen LogP contribution in [0.3, 0.4) is 0 Å². The van der Waals surface area contributed by atoms with Gasteiger partial charge in [-0.25, -0.2) is 0 Å². The molecule has 2 aromatic carbocycles. The summed E-state index contributed by atoms with van der Waals surface area (Å²) < 4.78 is 5.08. The zero-order valence-electron chi connectivity index (χ0n) is 13.5. The Morgan fingerprint density at radius 1 is 1.24 bits per heavy atom. The molecular weight excluding hydrogens is 363 g/mol. The van der Waals surface area contributed by atoms with Crippen molar-refractivity contribution in [3.63, 3.8) is 0 Å². The molecule has 1 aliphatic heterocycles. The molecule has 0 radical (unpaired) electrons. The van der Waals surface area contributed by atoms with E-state index in [0.29, 0.717) is 27.6 Å². The third kappa shape index (κ3) is 3.34. The number of anilines is 1. The number of nitrogens with zero attached hydrogens (tertiary/aromatic N) is 2. The number of ether oxygens (including phenoxy) is 1. The molecule has 0 saturated carbocycles. The predicted octanol–water partition coefficient (Wildman–Crippen LogP) is 4.51. The molecule has 1 heterocycles. The lowest BCUT2D eigenvalue weighted by molar-refractivity contribution is -0.114. The highest BCUT2D eigenvalue weighted by Gasteiger charge is 2.29. The SMILES string of the molecule is COc1cc(/C=C2/C(=O)N(c3cccc(Cl)c3)N=C2C)cc(Cl)c1O. The van der Waals surface area contributed by atoms with Crippen molar-refractivity contribution in [2.24, 2.45) is 5.10 Å². The summed E-state index contributed by atoms with van der Waals surface area (Å²) in [6, 6.07) is 10.0. The molecule has 0 spiro atoms. The molecule has 5 nitrogen and oxygen atoms in total. The lowest BCUT2D eigenvalue weighted by Crippen LogP contribution is -2.21. The second kappa shape index (κ2) is 6.78. The summed E-state index contributed by atoms with van der Waals surface area (Å²) in [4.78, 5) is 12.7. The molecule has 0 fully saturated rings. The van der Waals surface area contributed by atoms with E-state index in [1.165, 1.54) is 12.1 Å². The van der Waals surface area contributed by atoms with E-state index in [0.717, 1.165) is 0 Å². The maximum Gasteiger partial charge on any atom is 0.280 e. The van der Waals surface area contributed by atoms with Gasteiger partial charge in [0, 0.05) is 5.02 Å². The molecule has 0 bridgehead atoms. The number of carbonyl (C=O) groups is 1. The summed E-state index contributed by atoms with van der Waals surface area (Å²) in [7, 11) is 1.43. The molecule has 0 atom stereocenters. The Labute approximate surface area is 154 Å². The van der Waals surface area contributed by atoms with Gasteiger partial charge in [-0.1, -0.05) is 29.3 Å². The van der Waals surface area contributed by atoms with Crippen LogP contribution in [0.1, 0.15) is 12.5 Å². The van der Waals surface area contributed by atoms with Gasteiger partial charge in [0.05, 0.1) is 29.1 Å². The quantitative estimate of drug-likeness (QED) is 0.801. The van der Waals surface area contributed by atoms with Crippen LogP contribution in [0, 0.1) is 0 Å². The van der Waals surface area contributed by atoms with Crippen molar-refractivity contribution in [1.29, 1.82) is 0 Å². The average Bonchev–Trinajstić information content (AvgIpc) is 2.86. The van der Waals surface area contributed by atoms with E-state index in [4.69, 9.17) is 27.9 Å². The summed E-state index contributed by atoms with van der Waals surface area (Å²) in [6.45, 7) is 1.74. The third-order valence-electron chi connectivity index (χ3n) is 3.70. The van der Waals surface area contributed by atoms with E-state index in [1.807, 2.05) is 0 Å². The Kier molecular flexibility index (Phi) is 4.70. The molecular formula is C18H14Cl2N2O3. The van der Waals surface area contributed by atoms with Gasteiger partial charge < -0.3 is 9.84 Å². The van der Waals surface area contributed by atoms with Crippen molar-refractivity contribution < 1.29 is 14.6 Å². The number of halogens is 2. The molecule has 1 amide bonds. The Morgan fingerprint density at radius 3 is 2.68 bits per heavy atom. The Balaban J connectivity index is 1.99. The first kappa shape index (κ1) is 17.3. The van der Waals surface area contributed by atoms with Crippen LogP contribution in [0.2, 0.25) is 10.0 Å². The summed E-state index contributed by atoms with van der Waals surface area (Å²) in [5, 5.41) is 16.1. The third-order valence-corrected chi connectivity index (χ3v) is 4.22. The zero-order valence-corrected chi connectivity index (χ0v) is 15.0. The number of benzene rings is 2. The highest BCUT2D eigenvalue weighted by atomic mass is 35.5. The fourth-order valence-corrected chi connectivity index (χ4v) is 2.87. The topological polar surface area (TPSA) is 62.1 Å². The summed E-state index contributed by atoms with van der Waals surface area (Å²) >= 11 is 12.0. The minimum atomic E-state index is -0.275. The van der Waals surface area contributed by atoms with Crippen LogP contribution in [0.25, 0.3) is 6.08 Å². The van der Waals surface area contributed by atoms with Crippen LogP contribution in [-0.4, -0.2) is 23.8 Å². The van der Waals surface area contributed by atoms with E-state index in [2.05, 4.69) is 5.10 Å². The molecule has 0 aromatic heterocycles. The second-order valence-corrected chi connectivity index (χ2v) is 6.24. The fourth-order valence-electron chi connectivity index (χ4n) is 2.47. The minimum Gasteiger partial charge on any atom is -0.503 e. The number of rotatable bonds is 3. The minimum absolute atomic E-state index is 0.137. The van der Waals surface area contributed by atoms with Crippen LogP contribution in [0.15, 0.2) is 47.1 Å². The van der Waals surface area contributed by atoms with Gasteiger partial charge in [-0.15, -0.1) is 0 Å². The van der Waals surface area contributed by atoms with E-state index in [1.54, 1.807) is 49.4 Å². The van der Waals surface area contributed by atoms with E-state index in [-0.39, 0.29) is 22.4 Å². The number of hydrogen-bond donors (Lipinski definition) is 1. The molecule has 128 valence electrons. The highest BCUT2D eigenvalue weighted by Crippen LogP contribution is 2.36. The molecule has 1 aliphatic rings. The highest BCUT2D eigenvalue weighted by molar-refractivity contribution is 6.34. The average molecular weight is 377 g/mol. The van der Waals surface area contributed by atoms with E-state index < -0.39 is 0 Å². The summed E-state index contributed by atoms with van der Waals surface area (Å²) in [5.41, 5.74) is 2.18. The van der Waals surface area contributed by atoms with Gasteiger partial charge >= 0.3 is 0 Å². The number of phenols is 1. The lowest BCUT2D eigenvalue weighted by Gasteiger charge is -2.12. The van der Waals surface area contributed by atoms with Gasteiger partial charge in [-0.3, -0.25) is 4.79 Å². The number of aromatic hydroxyl groups is 1. The van der Waals surface area contributed by atoms with Gasteiger partial charge in [0.1, 0.15) is 0 Å². The predicted molar refractivity (Wildman–Crippen MR) is 99.7 cm³/mol. The number of amides is 1. The van der Waals surface area contributed by atoms with Gasteiger partial charge in [0.2, 0.25) is 0 Å². The van der Waals surface area contributed by atoms with Gasteiger partial charge in [0.25, 0.3) is 5.91 Å². The normalized spacial score (nSPS) is 15.7. The van der Waals surface area contributed by atoms with Crippen LogP contribution in [-0.2, 0) is 4.79 Å². The molecule has 2 aromatic rings. The molecule has 0 unspecified atom stereocenters. The number of hydrazone groups is 1. The van der Waals surface area contributed by atoms with Crippen molar-refractivity contribution in [2.75, 3.05) is 12.1 Å². The molecule has 25 heavy (non-hydrogen) atoms. The molecule has 3 rings (SSSR count). The van der Waals surface area contributed by atoms with Gasteiger partial charge in [-0.2, -0.15) is 10.1 Å². The standard InChI is InChI=1S/C18H14Cl2N2O3/c1-10-14(6-11-7-15(20)17(23)16(8-11)25-2)18(24)22(21-10)13-5-3-4-12(19)9-13/h3-9,23H,1-2H3/b14-6+. The molecule has 0 aliphatic carbocycles. The zero-order chi connectivity index (χ0) is 18.1. The van der Waals surface area contributed by atoms with Crippen molar-refractivity contribution in [3.05, 3.63) is 57.6 Å².